The highest BCUT2D eigenvalue weighted by Crippen LogP contribution is 2.65. The molecule has 104 valence electrons. The molecule has 5 nitrogen and oxygen atoms in total. The number of allylic oxidation sites excluding steroid dienone is 2. The Morgan fingerprint density at radius 2 is 1.70 bits per heavy atom. The molecule has 2 bridgehead atoms. The molecule has 5 aliphatic rings. The molecule has 0 aromatic rings. The summed E-state index contributed by atoms with van der Waals surface area (Å²) in [5, 5.41) is 0. The number of cyclic esters (lactones) is 2. The van der Waals surface area contributed by atoms with Gasteiger partial charge in [-0.05, 0) is 6.92 Å². The summed E-state index contributed by atoms with van der Waals surface area (Å²) < 4.78 is 4.80. The number of hydrogen-bond donors (Lipinski definition) is 0. The molecule has 0 aromatic carbocycles. The van der Waals surface area contributed by atoms with E-state index in [0.717, 1.165) is 5.57 Å². The third-order valence-corrected chi connectivity index (χ3v) is 5.69. The summed E-state index contributed by atoms with van der Waals surface area (Å²) >= 11 is 0. The Bertz CT molecular complexity index is 586. The SMILES string of the molecule is CC1=CC2(C)C3C(=O)CC(=O)C3C1C1C(=O)OC(=O)C12. The van der Waals surface area contributed by atoms with Crippen LogP contribution in [0.2, 0.25) is 0 Å². The summed E-state index contributed by atoms with van der Waals surface area (Å²) in [5.41, 5.74) is 0.172. The Kier molecular flexibility index (Phi) is 1.96. The van der Waals surface area contributed by atoms with Crippen LogP contribution in [0.25, 0.3) is 0 Å². The van der Waals surface area contributed by atoms with Crippen molar-refractivity contribution in [1.82, 2.24) is 0 Å². The number of rotatable bonds is 0. The molecule has 1 heterocycles. The van der Waals surface area contributed by atoms with E-state index in [2.05, 4.69) is 0 Å². The van der Waals surface area contributed by atoms with Crippen LogP contribution in [0.4, 0.5) is 0 Å². The molecule has 20 heavy (non-hydrogen) atoms. The van der Waals surface area contributed by atoms with E-state index in [1.807, 2.05) is 19.9 Å². The average molecular weight is 274 g/mol. The van der Waals surface area contributed by atoms with Gasteiger partial charge in [0.15, 0.2) is 0 Å². The fourth-order valence-electron chi connectivity index (χ4n) is 5.18. The highest BCUT2D eigenvalue weighted by Gasteiger charge is 2.71. The minimum Gasteiger partial charge on any atom is -0.393 e. The number of ketones is 2. The topological polar surface area (TPSA) is 77.5 Å². The van der Waals surface area contributed by atoms with Crippen LogP contribution >= 0.6 is 0 Å². The molecule has 0 spiro atoms. The van der Waals surface area contributed by atoms with Gasteiger partial charge < -0.3 is 4.74 Å². The van der Waals surface area contributed by atoms with Crippen LogP contribution in [0.15, 0.2) is 11.6 Å². The van der Waals surface area contributed by atoms with Gasteiger partial charge in [-0.1, -0.05) is 18.6 Å². The van der Waals surface area contributed by atoms with E-state index >= 15 is 0 Å². The number of carbonyl (C=O) groups is 4. The lowest BCUT2D eigenvalue weighted by molar-refractivity contribution is -0.154. The highest BCUT2D eigenvalue weighted by molar-refractivity contribution is 6.11. The second-order valence-electron chi connectivity index (χ2n) is 6.64. The summed E-state index contributed by atoms with van der Waals surface area (Å²) in [4.78, 5) is 48.4. The minimum absolute atomic E-state index is 0.0643. The largest absolute Gasteiger partial charge is 0.393 e. The fourth-order valence-corrected chi connectivity index (χ4v) is 5.18. The van der Waals surface area contributed by atoms with Crippen LogP contribution in [0.1, 0.15) is 20.3 Å². The van der Waals surface area contributed by atoms with Crippen molar-refractivity contribution >= 4 is 23.5 Å². The van der Waals surface area contributed by atoms with E-state index in [-0.39, 0.29) is 23.9 Å². The molecular weight excluding hydrogens is 260 g/mol. The summed E-state index contributed by atoms with van der Waals surface area (Å²) in [7, 11) is 0. The molecule has 0 aromatic heterocycles. The zero-order valence-electron chi connectivity index (χ0n) is 11.2. The minimum atomic E-state index is -0.763. The van der Waals surface area contributed by atoms with Crippen LogP contribution in [0.5, 0.6) is 0 Å². The van der Waals surface area contributed by atoms with Gasteiger partial charge in [0.2, 0.25) is 0 Å². The molecule has 6 unspecified atom stereocenters. The van der Waals surface area contributed by atoms with Gasteiger partial charge in [-0.3, -0.25) is 19.2 Å². The van der Waals surface area contributed by atoms with Crippen LogP contribution in [-0.2, 0) is 23.9 Å². The van der Waals surface area contributed by atoms with Gasteiger partial charge in [-0.15, -0.1) is 0 Å². The summed E-state index contributed by atoms with van der Waals surface area (Å²) in [6, 6.07) is 0. The lowest BCUT2D eigenvalue weighted by Gasteiger charge is -2.53. The molecule has 0 amide bonds. The van der Waals surface area contributed by atoms with Crippen LogP contribution in [0.3, 0.4) is 0 Å². The first-order chi connectivity index (χ1) is 9.36. The Morgan fingerprint density at radius 3 is 2.40 bits per heavy atom. The normalized spacial score (nSPS) is 49.1. The lowest BCUT2D eigenvalue weighted by Crippen LogP contribution is -2.57. The molecule has 2 saturated carbocycles. The van der Waals surface area contributed by atoms with Gasteiger partial charge >= 0.3 is 11.9 Å². The van der Waals surface area contributed by atoms with E-state index in [1.165, 1.54) is 0 Å². The van der Waals surface area contributed by atoms with E-state index < -0.39 is 41.0 Å². The molecule has 5 heteroatoms. The fraction of sp³-hybridized carbons (Fsp3) is 0.600. The van der Waals surface area contributed by atoms with Crippen molar-refractivity contribution in [2.24, 2.45) is 35.0 Å². The number of ether oxygens (including phenoxy) is 1. The third-order valence-electron chi connectivity index (χ3n) is 5.69. The maximum Gasteiger partial charge on any atom is 0.318 e. The molecule has 0 N–H and O–H groups in total. The van der Waals surface area contributed by atoms with Crippen molar-refractivity contribution in [3.05, 3.63) is 11.6 Å². The second-order valence-corrected chi connectivity index (χ2v) is 6.64. The van der Waals surface area contributed by atoms with E-state index in [4.69, 9.17) is 4.74 Å². The van der Waals surface area contributed by atoms with Gasteiger partial charge in [0.1, 0.15) is 11.6 Å². The number of hydrogen-bond acceptors (Lipinski definition) is 5. The van der Waals surface area contributed by atoms with E-state index in [0.29, 0.717) is 0 Å². The average Bonchev–Trinajstić information content (AvgIpc) is 2.80. The number of esters is 2. The Balaban J connectivity index is 1.98. The highest BCUT2D eigenvalue weighted by atomic mass is 16.6. The first-order valence-electron chi connectivity index (χ1n) is 6.86. The van der Waals surface area contributed by atoms with Gasteiger partial charge in [0.05, 0.1) is 18.3 Å². The first-order valence-corrected chi connectivity index (χ1v) is 6.86. The smallest absolute Gasteiger partial charge is 0.318 e. The van der Waals surface area contributed by atoms with Crippen molar-refractivity contribution in [3.63, 3.8) is 0 Å². The summed E-state index contributed by atoms with van der Waals surface area (Å²) in [6.07, 6.45) is 1.86. The van der Waals surface area contributed by atoms with Gasteiger partial charge in [0.25, 0.3) is 0 Å². The zero-order chi connectivity index (χ0) is 14.4. The zero-order valence-corrected chi connectivity index (χ0v) is 11.2. The predicted octanol–water partition coefficient (Wildman–Crippen LogP) is 0.672. The van der Waals surface area contributed by atoms with Crippen molar-refractivity contribution in [2.45, 2.75) is 20.3 Å². The number of carbonyl (C=O) groups excluding carboxylic acids is 4. The van der Waals surface area contributed by atoms with Gasteiger partial charge in [-0.2, -0.15) is 0 Å². The molecule has 1 saturated heterocycles. The maximum absolute atomic E-state index is 12.2. The Hall–Kier alpha value is -1.78. The van der Waals surface area contributed by atoms with Crippen molar-refractivity contribution < 1.29 is 23.9 Å². The third kappa shape index (κ3) is 1.07. The summed E-state index contributed by atoms with van der Waals surface area (Å²) in [6.45, 7) is 3.69. The van der Waals surface area contributed by atoms with Crippen LogP contribution < -0.4 is 0 Å². The van der Waals surface area contributed by atoms with Gasteiger partial charge in [0, 0.05) is 23.2 Å². The first kappa shape index (κ1) is 12.0. The van der Waals surface area contributed by atoms with Crippen molar-refractivity contribution in [1.29, 1.82) is 0 Å². The molecule has 5 rings (SSSR count). The van der Waals surface area contributed by atoms with Crippen molar-refractivity contribution in [3.8, 4) is 0 Å². The molecular formula is C15H14O5. The molecule has 3 fully saturated rings. The van der Waals surface area contributed by atoms with Gasteiger partial charge in [-0.25, -0.2) is 0 Å². The number of Topliss-reactive ketones (excluding diaryl/α,β-unsaturated/α-hetero) is 2. The van der Waals surface area contributed by atoms with Crippen LogP contribution in [0, 0.1) is 35.0 Å². The molecule has 1 aliphatic heterocycles. The van der Waals surface area contributed by atoms with E-state index in [1.54, 1.807) is 0 Å². The maximum atomic E-state index is 12.2. The van der Waals surface area contributed by atoms with Crippen LogP contribution in [-0.4, -0.2) is 23.5 Å². The molecule has 0 radical (unpaired) electrons. The lowest BCUT2D eigenvalue weighted by atomic mass is 9.46. The van der Waals surface area contributed by atoms with Crippen molar-refractivity contribution in [2.75, 3.05) is 0 Å². The Labute approximate surface area is 115 Å². The Morgan fingerprint density at radius 1 is 1.00 bits per heavy atom. The molecule has 4 aliphatic carbocycles. The monoisotopic (exact) mass is 274 g/mol. The predicted molar refractivity (Wildman–Crippen MR) is 65.0 cm³/mol. The second kappa shape index (κ2) is 3.27. The molecule has 6 atom stereocenters. The van der Waals surface area contributed by atoms with E-state index in [9.17, 15) is 19.2 Å². The summed E-state index contributed by atoms with van der Waals surface area (Å²) in [5.74, 6) is -3.72. The standard InChI is InChI=1S/C15H14O5/c1-5-4-15(2)11-7(17)3-6(16)9(11)8(5)10-12(15)14(19)20-13(10)18/h4,8-12H,3H2,1-2H3. The quantitative estimate of drug-likeness (QED) is 0.368.